The molecule has 0 N–H and O–H groups in total. The van der Waals surface area contributed by atoms with E-state index in [1.165, 1.54) is 115 Å². The molecule has 0 heterocycles. The van der Waals surface area contributed by atoms with Crippen molar-refractivity contribution in [1.29, 1.82) is 0 Å². The normalized spacial score (nSPS) is 11.5. The number of ether oxygens (including phenoxy) is 3. The van der Waals surface area contributed by atoms with Gasteiger partial charge in [-0.3, -0.25) is 0 Å². The van der Waals surface area contributed by atoms with Crippen molar-refractivity contribution in [2.24, 2.45) is 0 Å². The minimum Gasteiger partial charge on any atom is -0.491 e. The Bertz CT molecular complexity index is 1490. The lowest BCUT2D eigenvalue weighted by molar-refractivity contribution is 0.0734. The van der Waals surface area contributed by atoms with Crippen LogP contribution in [0.3, 0.4) is 0 Å². The van der Waals surface area contributed by atoms with Gasteiger partial charge in [0.2, 0.25) is 0 Å². The summed E-state index contributed by atoms with van der Waals surface area (Å²) in [5.74, 6) is 4.95. The quantitative estimate of drug-likeness (QED) is 0.0359. The summed E-state index contributed by atoms with van der Waals surface area (Å²) in [6, 6.07) is 15.5. The van der Waals surface area contributed by atoms with Crippen molar-refractivity contribution in [3.63, 3.8) is 0 Å². The molecule has 6 heteroatoms. The summed E-state index contributed by atoms with van der Waals surface area (Å²) >= 11 is 0. The standard InChI is InChI=1S/C46H62F2O4/c1-4-6-8-10-11-12-13-14-15-16-17-18-19-20-22-34-50-44-33-29-40(36-43(44)48)46(49)52-41-30-26-38(27-31-41)24-25-39-28-32-45(42(47)35-39)51-37(3)23-21-9-7-5-2/h26-33,35-37H,4-23,34H2,1-3H3. The summed E-state index contributed by atoms with van der Waals surface area (Å²) in [5, 5.41) is 0. The van der Waals surface area contributed by atoms with E-state index in [-0.39, 0.29) is 23.2 Å². The number of halogens is 2. The van der Waals surface area contributed by atoms with Crippen molar-refractivity contribution in [3.8, 4) is 29.1 Å². The third-order valence-electron chi connectivity index (χ3n) is 9.31. The van der Waals surface area contributed by atoms with E-state index in [2.05, 4.69) is 25.7 Å². The molecule has 0 aliphatic rings. The maximum absolute atomic E-state index is 14.7. The molecule has 0 saturated carbocycles. The van der Waals surface area contributed by atoms with E-state index >= 15 is 0 Å². The van der Waals surface area contributed by atoms with Gasteiger partial charge in [0.1, 0.15) is 5.75 Å². The van der Waals surface area contributed by atoms with Gasteiger partial charge in [0, 0.05) is 11.1 Å². The Hall–Kier alpha value is -3.85. The second-order valence-electron chi connectivity index (χ2n) is 14.0. The summed E-state index contributed by atoms with van der Waals surface area (Å²) in [5.41, 5.74) is 1.30. The minimum atomic E-state index is -0.667. The zero-order chi connectivity index (χ0) is 37.2. The second-order valence-corrected chi connectivity index (χ2v) is 14.0. The maximum atomic E-state index is 14.7. The molecular weight excluding hydrogens is 654 g/mol. The molecule has 0 bridgehead atoms. The highest BCUT2D eigenvalue weighted by molar-refractivity contribution is 5.91. The number of hydrogen-bond donors (Lipinski definition) is 0. The molecular formula is C46H62F2O4. The van der Waals surface area contributed by atoms with Crippen molar-refractivity contribution in [3.05, 3.63) is 89.0 Å². The van der Waals surface area contributed by atoms with Gasteiger partial charge in [-0.2, -0.15) is 0 Å². The Balaban J connectivity index is 1.31. The molecule has 3 rings (SSSR count). The van der Waals surface area contributed by atoms with Crippen molar-refractivity contribution in [2.45, 2.75) is 155 Å². The van der Waals surface area contributed by atoms with Gasteiger partial charge < -0.3 is 14.2 Å². The minimum absolute atomic E-state index is 0.0539. The Morgan fingerprint density at radius 3 is 1.67 bits per heavy atom. The molecule has 0 amide bonds. The number of rotatable bonds is 26. The van der Waals surface area contributed by atoms with Gasteiger partial charge in [-0.1, -0.05) is 135 Å². The topological polar surface area (TPSA) is 44.8 Å². The van der Waals surface area contributed by atoms with Crippen LogP contribution in [-0.2, 0) is 0 Å². The van der Waals surface area contributed by atoms with E-state index in [0.717, 1.165) is 38.2 Å². The van der Waals surface area contributed by atoms with E-state index in [4.69, 9.17) is 14.2 Å². The monoisotopic (exact) mass is 716 g/mol. The Morgan fingerprint density at radius 1 is 0.596 bits per heavy atom. The lowest BCUT2D eigenvalue weighted by atomic mass is 10.0. The highest BCUT2D eigenvalue weighted by Crippen LogP contribution is 2.23. The fourth-order valence-electron chi connectivity index (χ4n) is 6.13. The van der Waals surface area contributed by atoms with Crippen LogP contribution in [0.25, 0.3) is 0 Å². The van der Waals surface area contributed by atoms with Crippen LogP contribution in [0.5, 0.6) is 17.2 Å². The smallest absolute Gasteiger partial charge is 0.343 e. The van der Waals surface area contributed by atoms with E-state index < -0.39 is 17.6 Å². The van der Waals surface area contributed by atoms with Crippen LogP contribution in [0.2, 0.25) is 0 Å². The molecule has 0 radical (unpaired) electrons. The zero-order valence-electron chi connectivity index (χ0n) is 32.1. The number of benzene rings is 3. The summed E-state index contributed by atoms with van der Waals surface area (Å²) in [6.07, 6.45) is 24.8. The molecule has 4 nitrogen and oxygen atoms in total. The number of unbranched alkanes of at least 4 members (excludes halogenated alkanes) is 17. The summed E-state index contributed by atoms with van der Waals surface area (Å²) in [6.45, 7) is 6.85. The van der Waals surface area contributed by atoms with Gasteiger partial charge in [0.15, 0.2) is 23.1 Å². The number of carbonyl (C=O) groups excluding carboxylic acids is 1. The number of carbonyl (C=O) groups is 1. The predicted octanol–water partition coefficient (Wildman–Crippen LogP) is 13.6. The van der Waals surface area contributed by atoms with Gasteiger partial charge in [-0.15, -0.1) is 0 Å². The molecule has 284 valence electrons. The average Bonchev–Trinajstić information content (AvgIpc) is 3.14. The lowest BCUT2D eigenvalue weighted by Crippen LogP contribution is -2.12. The van der Waals surface area contributed by atoms with Crippen molar-refractivity contribution < 1.29 is 27.8 Å². The molecule has 0 aliphatic heterocycles. The van der Waals surface area contributed by atoms with Crippen LogP contribution >= 0.6 is 0 Å². The lowest BCUT2D eigenvalue weighted by Gasteiger charge is -2.15. The van der Waals surface area contributed by atoms with Crippen LogP contribution in [0.15, 0.2) is 60.7 Å². The van der Waals surface area contributed by atoms with Crippen LogP contribution < -0.4 is 14.2 Å². The van der Waals surface area contributed by atoms with Crippen LogP contribution in [0.1, 0.15) is 171 Å². The second kappa shape index (κ2) is 26.0. The van der Waals surface area contributed by atoms with Gasteiger partial charge in [0.05, 0.1) is 18.3 Å². The predicted molar refractivity (Wildman–Crippen MR) is 209 cm³/mol. The number of esters is 1. The molecule has 0 fully saturated rings. The molecule has 0 spiro atoms. The molecule has 1 unspecified atom stereocenters. The molecule has 3 aromatic rings. The van der Waals surface area contributed by atoms with E-state index in [1.807, 2.05) is 6.92 Å². The van der Waals surface area contributed by atoms with Crippen molar-refractivity contribution in [1.82, 2.24) is 0 Å². The van der Waals surface area contributed by atoms with E-state index in [1.54, 1.807) is 36.4 Å². The highest BCUT2D eigenvalue weighted by Gasteiger charge is 2.13. The van der Waals surface area contributed by atoms with Gasteiger partial charge >= 0.3 is 5.97 Å². The van der Waals surface area contributed by atoms with Gasteiger partial charge in [-0.25, -0.2) is 13.6 Å². The average molecular weight is 717 g/mol. The fraction of sp³-hybridized carbons (Fsp3) is 0.543. The first-order valence-corrected chi connectivity index (χ1v) is 20.1. The highest BCUT2D eigenvalue weighted by atomic mass is 19.1. The van der Waals surface area contributed by atoms with Crippen molar-refractivity contribution >= 4 is 5.97 Å². The summed E-state index contributed by atoms with van der Waals surface area (Å²) < 4.78 is 46.3. The third kappa shape index (κ3) is 17.6. The van der Waals surface area contributed by atoms with Crippen LogP contribution in [0.4, 0.5) is 8.78 Å². The summed E-state index contributed by atoms with van der Waals surface area (Å²) in [4.78, 5) is 12.7. The summed E-state index contributed by atoms with van der Waals surface area (Å²) in [7, 11) is 0. The number of hydrogen-bond acceptors (Lipinski definition) is 4. The zero-order valence-corrected chi connectivity index (χ0v) is 32.1. The molecule has 0 saturated heterocycles. The Kier molecular flexibility index (Phi) is 21.3. The largest absolute Gasteiger partial charge is 0.491 e. The fourth-order valence-corrected chi connectivity index (χ4v) is 6.13. The molecule has 3 aromatic carbocycles. The first-order valence-electron chi connectivity index (χ1n) is 20.1. The molecule has 0 aliphatic carbocycles. The third-order valence-corrected chi connectivity index (χ3v) is 9.31. The first kappa shape index (κ1) is 42.6. The van der Waals surface area contributed by atoms with Crippen LogP contribution in [-0.4, -0.2) is 18.7 Å². The van der Waals surface area contributed by atoms with Gasteiger partial charge in [-0.05, 0) is 86.8 Å². The van der Waals surface area contributed by atoms with Crippen molar-refractivity contribution in [2.75, 3.05) is 6.61 Å². The van der Waals surface area contributed by atoms with E-state index in [0.29, 0.717) is 23.5 Å². The molecule has 1 atom stereocenters. The Morgan fingerprint density at radius 2 is 1.10 bits per heavy atom. The molecule has 52 heavy (non-hydrogen) atoms. The van der Waals surface area contributed by atoms with Gasteiger partial charge in [0.25, 0.3) is 0 Å². The SMILES string of the molecule is CCCCCCCCCCCCCCCCCOc1ccc(C(=O)Oc2ccc(C#Cc3ccc(OC(C)CCCCCC)c(F)c3)cc2)cc1F. The van der Waals surface area contributed by atoms with Crippen LogP contribution in [0, 0.1) is 23.5 Å². The van der Waals surface area contributed by atoms with E-state index in [9.17, 15) is 13.6 Å². The molecule has 0 aromatic heterocycles. The Labute approximate surface area is 313 Å². The maximum Gasteiger partial charge on any atom is 0.343 e. The first-order chi connectivity index (χ1) is 25.4.